The molecule has 1 aromatic rings. The third kappa shape index (κ3) is 3.77. The lowest BCUT2D eigenvalue weighted by Gasteiger charge is -2.41. The van der Waals surface area contributed by atoms with E-state index in [1.54, 1.807) is 6.07 Å². The summed E-state index contributed by atoms with van der Waals surface area (Å²) in [6, 6.07) is 6.15. The van der Waals surface area contributed by atoms with Gasteiger partial charge in [0, 0.05) is 42.3 Å². The van der Waals surface area contributed by atoms with Crippen molar-refractivity contribution in [2.45, 2.75) is 51.2 Å². The van der Waals surface area contributed by atoms with Crippen LogP contribution in [-0.4, -0.2) is 30.1 Å². The molecule has 4 heteroatoms. The zero-order valence-electron chi connectivity index (χ0n) is 12.6. The number of benzene rings is 1. The number of hydrogen-bond acceptors (Lipinski definition) is 2. The van der Waals surface area contributed by atoms with Crippen molar-refractivity contribution in [3.63, 3.8) is 0 Å². The highest BCUT2D eigenvalue weighted by atomic mass is 35.5. The minimum Gasteiger partial charge on any atom is -0.311 e. The average Bonchev–Trinajstić information content (AvgIpc) is 3.27. The number of rotatable bonds is 5. The molecule has 2 unspecified atom stereocenters. The molecule has 0 aromatic heterocycles. The molecule has 1 aliphatic heterocycles. The third-order valence-corrected chi connectivity index (χ3v) is 4.97. The fraction of sp³-hybridized carbons (Fsp3) is 0.647. The van der Waals surface area contributed by atoms with Gasteiger partial charge in [-0.1, -0.05) is 31.0 Å². The lowest BCUT2D eigenvalue weighted by molar-refractivity contribution is 0.103. The van der Waals surface area contributed by atoms with Crippen LogP contribution < -0.4 is 5.32 Å². The Balaban J connectivity index is 1.72. The molecule has 0 spiro atoms. The van der Waals surface area contributed by atoms with Crippen molar-refractivity contribution in [3.05, 3.63) is 34.6 Å². The van der Waals surface area contributed by atoms with E-state index in [2.05, 4.69) is 17.1 Å². The van der Waals surface area contributed by atoms with Crippen molar-refractivity contribution >= 4 is 11.6 Å². The van der Waals surface area contributed by atoms with E-state index in [9.17, 15) is 4.39 Å². The fourth-order valence-corrected chi connectivity index (χ4v) is 3.60. The molecule has 0 bridgehead atoms. The summed E-state index contributed by atoms with van der Waals surface area (Å²) in [5, 5.41) is 4.15. The summed E-state index contributed by atoms with van der Waals surface area (Å²) in [4.78, 5) is 2.49. The summed E-state index contributed by atoms with van der Waals surface area (Å²) in [5.74, 6) is 0.623. The molecular formula is C17H24ClFN2. The van der Waals surface area contributed by atoms with Crippen LogP contribution in [0.5, 0.6) is 0 Å². The first-order chi connectivity index (χ1) is 10.2. The molecule has 3 rings (SSSR count). The van der Waals surface area contributed by atoms with Gasteiger partial charge in [0.25, 0.3) is 0 Å². The van der Waals surface area contributed by atoms with Crippen LogP contribution in [0.25, 0.3) is 0 Å². The highest BCUT2D eigenvalue weighted by Gasteiger charge is 2.38. The van der Waals surface area contributed by atoms with Gasteiger partial charge in [0.15, 0.2) is 0 Å². The Morgan fingerprint density at radius 1 is 1.38 bits per heavy atom. The molecule has 0 radical (unpaired) electrons. The van der Waals surface area contributed by atoms with Gasteiger partial charge in [-0.3, -0.25) is 4.90 Å². The molecule has 21 heavy (non-hydrogen) atoms. The van der Waals surface area contributed by atoms with Gasteiger partial charge in [-0.2, -0.15) is 0 Å². The van der Waals surface area contributed by atoms with Crippen LogP contribution in [-0.2, 0) is 6.54 Å². The molecule has 1 aliphatic carbocycles. The summed E-state index contributed by atoms with van der Waals surface area (Å²) < 4.78 is 14.1. The van der Waals surface area contributed by atoms with Gasteiger partial charge < -0.3 is 5.32 Å². The van der Waals surface area contributed by atoms with Gasteiger partial charge in [0.2, 0.25) is 0 Å². The Morgan fingerprint density at radius 2 is 2.19 bits per heavy atom. The molecule has 1 saturated heterocycles. The van der Waals surface area contributed by atoms with E-state index < -0.39 is 0 Å². The minimum atomic E-state index is -0.178. The molecule has 1 aromatic carbocycles. The van der Waals surface area contributed by atoms with Crippen molar-refractivity contribution in [3.8, 4) is 0 Å². The molecule has 2 atom stereocenters. The van der Waals surface area contributed by atoms with Gasteiger partial charge in [0.05, 0.1) is 0 Å². The molecule has 2 fully saturated rings. The normalized spacial score (nSPS) is 27.0. The first-order valence-electron chi connectivity index (χ1n) is 8.08. The SMILES string of the molecule is CCCC1CN(Cc2ccc(Cl)cc2F)C(C2CC2)CN1. The first-order valence-corrected chi connectivity index (χ1v) is 8.46. The predicted octanol–water partition coefficient (Wildman–Crippen LogP) is 3.83. The van der Waals surface area contributed by atoms with Crippen LogP contribution in [0.4, 0.5) is 4.39 Å². The van der Waals surface area contributed by atoms with E-state index in [0.29, 0.717) is 23.7 Å². The minimum absolute atomic E-state index is 0.178. The first kappa shape index (κ1) is 15.3. The fourth-order valence-electron chi connectivity index (χ4n) is 3.44. The predicted molar refractivity (Wildman–Crippen MR) is 85.0 cm³/mol. The lowest BCUT2D eigenvalue weighted by atomic mass is 10.0. The van der Waals surface area contributed by atoms with E-state index in [-0.39, 0.29) is 5.82 Å². The van der Waals surface area contributed by atoms with Gasteiger partial charge in [0.1, 0.15) is 5.82 Å². The van der Waals surface area contributed by atoms with E-state index in [1.165, 1.54) is 31.7 Å². The summed E-state index contributed by atoms with van der Waals surface area (Å²) in [7, 11) is 0. The van der Waals surface area contributed by atoms with E-state index in [1.807, 2.05) is 6.07 Å². The Hall–Kier alpha value is -0.640. The maximum Gasteiger partial charge on any atom is 0.129 e. The molecule has 1 saturated carbocycles. The van der Waals surface area contributed by atoms with Crippen molar-refractivity contribution < 1.29 is 4.39 Å². The monoisotopic (exact) mass is 310 g/mol. The smallest absolute Gasteiger partial charge is 0.129 e. The summed E-state index contributed by atoms with van der Waals surface area (Å²) in [6.45, 7) is 4.99. The number of halogens is 2. The molecule has 2 nitrogen and oxygen atoms in total. The Kier molecular flexibility index (Phi) is 4.82. The Bertz CT molecular complexity index is 490. The van der Waals surface area contributed by atoms with E-state index in [0.717, 1.165) is 24.6 Å². The maximum absolute atomic E-state index is 14.1. The largest absolute Gasteiger partial charge is 0.311 e. The van der Waals surface area contributed by atoms with Gasteiger partial charge >= 0.3 is 0 Å². The van der Waals surface area contributed by atoms with Crippen molar-refractivity contribution in [1.82, 2.24) is 10.2 Å². The summed E-state index contributed by atoms with van der Waals surface area (Å²) in [5.41, 5.74) is 0.766. The summed E-state index contributed by atoms with van der Waals surface area (Å²) >= 11 is 5.85. The molecule has 116 valence electrons. The van der Waals surface area contributed by atoms with Crippen LogP contribution in [0.1, 0.15) is 38.2 Å². The number of nitrogens with zero attached hydrogens (tertiary/aromatic N) is 1. The van der Waals surface area contributed by atoms with Crippen molar-refractivity contribution in [2.75, 3.05) is 13.1 Å². The van der Waals surface area contributed by atoms with Crippen LogP contribution in [0.15, 0.2) is 18.2 Å². The zero-order valence-corrected chi connectivity index (χ0v) is 13.4. The van der Waals surface area contributed by atoms with Crippen molar-refractivity contribution in [2.24, 2.45) is 5.92 Å². The second kappa shape index (κ2) is 6.64. The standard InChI is InChI=1S/C17H24ClFN2/c1-2-3-15-11-21(17(9-20-15)12-4-5-12)10-13-6-7-14(18)8-16(13)19/h6-8,12,15,17,20H,2-5,9-11H2,1H3. The lowest BCUT2D eigenvalue weighted by Crippen LogP contribution is -2.56. The second-order valence-electron chi connectivity index (χ2n) is 6.46. The van der Waals surface area contributed by atoms with Crippen LogP contribution in [0, 0.1) is 11.7 Å². The zero-order chi connectivity index (χ0) is 14.8. The van der Waals surface area contributed by atoms with Crippen molar-refractivity contribution in [1.29, 1.82) is 0 Å². The molecule has 2 aliphatic rings. The van der Waals surface area contributed by atoms with Gasteiger partial charge in [-0.15, -0.1) is 0 Å². The number of nitrogens with one attached hydrogen (secondary N) is 1. The topological polar surface area (TPSA) is 15.3 Å². The highest BCUT2D eigenvalue weighted by Crippen LogP contribution is 2.37. The average molecular weight is 311 g/mol. The van der Waals surface area contributed by atoms with Crippen LogP contribution in [0.2, 0.25) is 5.02 Å². The Labute approximate surface area is 131 Å². The number of piperazine rings is 1. The van der Waals surface area contributed by atoms with Gasteiger partial charge in [-0.25, -0.2) is 4.39 Å². The Morgan fingerprint density at radius 3 is 2.86 bits per heavy atom. The van der Waals surface area contributed by atoms with Gasteiger partial charge in [-0.05, 0) is 37.3 Å². The molecule has 1 heterocycles. The maximum atomic E-state index is 14.1. The van der Waals surface area contributed by atoms with Crippen LogP contribution >= 0.6 is 11.6 Å². The van der Waals surface area contributed by atoms with E-state index in [4.69, 9.17) is 11.6 Å². The molecular weight excluding hydrogens is 287 g/mol. The second-order valence-corrected chi connectivity index (χ2v) is 6.90. The highest BCUT2D eigenvalue weighted by molar-refractivity contribution is 6.30. The molecule has 0 amide bonds. The third-order valence-electron chi connectivity index (χ3n) is 4.73. The quantitative estimate of drug-likeness (QED) is 0.889. The number of hydrogen-bond donors (Lipinski definition) is 1. The van der Waals surface area contributed by atoms with E-state index >= 15 is 0 Å². The summed E-state index contributed by atoms with van der Waals surface area (Å²) in [6.07, 6.45) is 5.03. The molecule has 1 N–H and O–H groups in total. The van der Waals surface area contributed by atoms with Crippen LogP contribution in [0.3, 0.4) is 0 Å².